The predicted molar refractivity (Wildman–Crippen MR) is 312 cm³/mol. The Bertz CT molecular complexity index is 4050. The van der Waals surface area contributed by atoms with Crippen LogP contribution in [0.2, 0.25) is 0 Å². The molecule has 12 aromatic carbocycles. The van der Waals surface area contributed by atoms with Crippen LogP contribution in [0.5, 0.6) is 0 Å². The maximum absolute atomic E-state index is 6.43. The van der Waals surface area contributed by atoms with Gasteiger partial charge in [0.05, 0.1) is 0 Å². The third kappa shape index (κ3) is 8.87. The van der Waals surface area contributed by atoms with Gasteiger partial charge < -0.3 is 9.32 Å². The van der Waals surface area contributed by atoms with Crippen LogP contribution < -0.4 is 4.90 Å². The lowest BCUT2D eigenvalue weighted by Gasteiger charge is -2.26. The van der Waals surface area contributed by atoms with Gasteiger partial charge >= 0.3 is 0 Å². The van der Waals surface area contributed by atoms with E-state index in [1.165, 1.54) is 77.9 Å². The molecule has 0 aliphatic carbocycles. The normalized spacial score (nSPS) is 11.2. The molecule has 0 amide bonds. The molecule has 0 bridgehead atoms. The molecule has 0 spiro atoms. The first-order chi connectivity index (χ1) is 36.6. The number of para-hydroxylation sites is 1. The molecule has 0 saturated heterocycles. The fourth-order valence-corrected chi connectivity index (χ4v) is 10.3. The standard InChI is InChI=1S/C72H49NO/c1-3-11-50(12-4-1)52-21-23-54(24-22-52)55-27-33-59(34-28-55)64-17-10-18-65(48-64)61-39-43-67(44-40-61)73(68-45-46-70-69-19-7-8-20-71(69)74-72(70)49-68)66-41-37-57(38-42-66)56-29-35-60(36-30-56)63-16-9-15-62(47-63)58-31-25-53(26-32-58)51-13-5-2-6-14-51/h1-49H. The summed E-state index contributed by atoms with van der Waals surface area (Å²) in [5.74, 6) is 0. The van der Waals surface area contributed by atoms with Crippen LogP contribution in [0.25, 0.3) is 111 Å². The molecule has 0 atom stereocenters. The predicted octanol–water partition coefficient (Wildman–Crippen LogP) is 20.4. The van der Waals surface area contributed by atoms with Crippen LogP contribution in [-0.2, 0) is 0 Å². The van der Waals surface area contributed by atoms with E-state index in [2.05, 4.69) is 290 Å². The largest absolute Gasteiger partial charge is 0.456 e. The molecule has 0 aliphatic heterocycles. The molecule has 2 heteroatoms. The fourth-order valence-electron chi connectivity index (χ4n) is 10.3. The number of nitrogens with zero attached hydrogens (tertiary/aromatic N) is 1. The van der Waals surface area contributed by atoms with E-state index in [0.29, 0.717) is 0 Å². The van der Waals surface area contributed by atoms with Crippen molar-refractivity contribution >= 4 is 39.0 Å². The second-order valence-electron chi connectivity index (χ2n) is 18.9. The highest BCUT2D eigenvalue weighted by atomic mass is 16.3. The van der Waals surface area contributed by atoms with Gasteiger partial charge in [0.1, 0.15) is 11.2 Å². The summed E-state index contributed by atoms with van der Waals surface area (Å²) < 4.78 is 6.43. The lowest BCUT2D eigenvalue weighted by atomic mass is 9.96. The van der Waals surface area contributed by atoms with Crippen LogP contribution in [0.1, 0.15) is 0 Å². The lowest BCUT2D eigenvalue weighted by Crippen LogP contribution is -2.09. The average Bonchev–Trinajstić information content (AvgIpc) is 3.86. The van der Waals surface area contributed by atoms with Gasteiger partial charge in [0.2, 0.25) is 0 Å². The van der Waals surface area contributed by atoms with Crippen molar-refractivity contribution in [2.45, 2.75) is 0 Å². The Morgan fingerprint density at radius 3 is 0.824 bits per heavy atom. The lowest BCUT2D eigenvalue weighted by molar-refractivity contribution is 0.669. The molecular weight excluding hydrogens is 895 g/mol. The van der Waals surface area contributed by atoms with Crippen molar-refractivity contribution in [3.05, 3.63) is 297 Å². The van der Waals surface area contributed by atoms with E-state index >= 15 is 0 Å². The highest BCUT2D eigenvalue weighted by Gasteiger charge is 2.17. The van der Waals surface area contributed by atoms with Crippen LogP contribution >= 0.6 is 0 Å². The molecule has 1 aromatic heterocycles. The molecule has 0 saturated carbocycles. The zero-order chi connectivity index (χ0) is 49.2. The summed E-state index contributed by atoms with van der Waals surface area (Å²) in [6, 6.07) is 107. The summed E-state index contributed by atoms with van der Waals surface area (Å²) in [5.41, 5.74) is 24.0. The molecular formula is C72H49NO. The van der Waals surface area contributed by atoms with E-state index in [-0.39, 0.29) is 0 Å². The monoisotopic (exact) mass is 943 g/mol. The van der Waals surface area contributed by atoms with Crippen molar-refractivity contribution in [2.24, 2.45) is 0 Å². The van der Waals surface area contributed by atoms with Crippen LogP contribution in [0.4, 0.5) is 17.1 Å². The van der Waals surface area contributed by atoms with Gasteiger partial charge in [-0.3, -0.25) is 0 Å². The van der Waals surface area contributed by atoms with Crippen molar-refractivity contribution in [2.75, 3.05) is 4.90 Å². The van der Waals surface area contributed by atoms with Crippen molar-refractivity contribution in [1.29, 1.82) is 0 Å². The first kappa shape index (κ1) is 44.2. The van der Waals surface area contributed by atoms with Gasteiger partial charge in [-0.2, -0.15) is 0 Å². The summed E-state index contributed by atoms with van der Waals surface area (Å²) in [5, 5.41) is 2.23. The summed E-state index contributed by atoms with van der Waals surface area (Å²) in [6.45, 7) is 0. The molecule has 74 heavy (non-hydrogen) atoms. The highest BCUT2D eigenvalue weighted by molar-refractivity contribution is 6.06. The smallest absolute Gasteiger partial charge is 0.137 e. The Morgan fingerprint density at radius 1 is 0.176 bits per heavy atom. The van der Waals surface area contributed by atoms with Gasteiger partial charge in [0.25, 0.3) is 0 Å². The van der Waals surface area contributed by atoms with Gasteiger partial charge in [-0.05, 0) is 144 Å². The van der Waals surface area contributed by atoms with Crippen LogP contribution in [0, 0.1) is 0 Å². The highest BCUT2D eigenvalue weighted by Crippen LogP contribution is 2.41. The number of benzene rings is 12. The number of hydrogen-bond donors (Lipinski definition) is 0. The van der Waals surface area contributed by atoms with Crippen LogP contribution in [-0.4, -0.2) is 0 Å². The third-order valence-electron chi connectivity index (χ3n) is 14.4. The Morgan fingerprint density at radius 2 is 0.446 bits per heavy atom. The van der Waals surface area contributed by atoms with Gasteiger partial charge in [0, 0.05) is 33.9 Å². The van der Waals surface area contributed by atoms with E-state index < -0.39 is 0 Å². The molecule has 348 valence electrons. The summed E-state index contributed by atoms with van der Waals surface area (Å²) in [7, 11) is 0. The van der Waals surface area contributed by atoms with E-state index in [1.807, 2.05) is 12.1 Å². The summed E-state index contributed by atoms with van der Waals surface area (Å²) >= 11 is 0. The third-order valence-corrected chi connectivity index (χ3v) is 14.4. The van der Waals surface area contributed by atoms with Crippen molar-refractivity contribution in [3.8, 4) is 89.0 Å². The first-order valence-electron chi connectivity index (χ1n) is 25.3. The minimum atomic E-state index is 0.861. The molecule has 0 unspecified atom stereocenters. The second-order valence-corrected chi connectivity index (χ2v) is 18.9. The van der Waals surface area contributed by atoms with Crippen LogP contribution in [0.15, 0.2) is 302 Å². The van der Waals surface area contributed by atoms with Gasteiger partial charge in [-0.15, -0.1) is 0 Å². The van der Waals surface area contributed by atoms with Gasteiger partial charge in [0.15, 0.2) is 0 Å². The van der Waals surface area contributed by atoms with E-state index in [1.54, 1.807) is 0 Å². The van der Waals surface area contributed by atoms with Gasteiger partial charge in [-0.1, -0.05) is 237 Å². The van der Waals surface area contributed by atoms with E-state index in [4.69, 9.17) is 4.42 Å². The minimum Gasteiger partial charge on any atom is -0.456 e. The molecule has 13 aromatic rings. The van der Waals surface area contributed by atoms with Crippen molar-refractivity contribution in [1.82, 2.24) is 0 Å². The number of hydrogen-bond acceptors (Lipinski definition) is 2. The number of fused-ring (bicyclic) bond motifs is 3. The maximum Gasteiger partial charge on any atom is 0.137 e. The van der Waals surface area contributed by atoms with Crippen molar-refractivity contribution in [3.63, 3.8) is 0 Å². The summed E-state index contributed by atoms with van der Waals surface area (Å²) in [6.07, 6.45) is 0. The molecule has 0 radical (unpaired) electrons. The molecule has 13 rings (SSSR count). The second kappa shape index (κ2) is 19.4. The topological polar surface area (TPSA) is 16.4 Å². The zero-order valence-electron chi connectivity index (χ0n) is 40.6. The molecule has 0 fully saturated rings. The first-order valence-corrected chi connectivity index (χ1v) is 25.3. The maximum atomic E-state index is 6.43. The minimum absolute atomic E-state index is 0.861. The van der Waals surface area contributed by atoms with Crippen LogP contribution in [0.3, 0.4) is 0 Å². The Balaban J connectivity index is 0.761. The Kier molecular flexibility index (Phi) is 11.6. The fraction of sp³-hybridized carbons (Fsp3) is 0. The Hall–Kier alpha value is -9.76. The summed E-state index contributed by atoms with van der Waals surface area (Å²) in [4.78, 5) is 2.32. The molecule has 0 N–H and O–H groups in total. The molecule has 0 aliphatic rings. The van der Waals surface area contributed by atoms with E-state index in [9.17, 15) is 0 Å². The Labute approximate surface area is 432 Å². The number of anilines is 3. The zero-order valence-corrected chi connectivity index (χ0v) is 40.6. The molecule has 1 heterocycles. The number of rotatable bonds is 11. The SMILES string of the molecule is c1ccc(-c2ccc(-c3ccc(-c4cccc(-c5ccc(N(c6ccc(-c7ccc(-c8cccc(-c9ccc(-c%10ccccc%10)cc9)c8)cc7)cc6)c6ccc7c(c6)oc6ccccc67)cc5)c4)cc3)cc2)cc1. The van der Waals surface area contributed by atoms with E-state index in [0.717, 1.165) is 50.1 Å². The number of furan rings is 1. The van der Waals surface area contributed by atoms with Gasteiger partial charge in [-0.25, -0.2) is 0 Å². The van der Waals surface area contributed by atoms with Crippen molar-refractivity contribution < 1.29 is 4.42 Å². The quantitative estimate of drug-likeness (QED) is 0.128. The average molecular weight is 944 g/mol. The molecule has 2 nitrogen and oxygen atoms in total.